The predicted molar refractivity (Wildman–Crippen MR) is 106 cm³/mol. The molecule has 1 N–H and O–H groups in total. The molecule has 0 aliphatic rings. The second-order valence-corrected chi connectivity index (χ2v) is 6.99. The van der Waals surface area contributed by atoms with Gasteiger partial charge in [-0.25, -0.2) is 4.98 Å². The third-order valence-electron chi connectivity index (χ3n) is 3.38. The SMILES string of the molecule is O=C(/C=C/c1cccc([N+](=O)[O-])c1)Nc1nc(-c2ccc(Br)cc2)cs1. The fourth-order valence-corrected chi connectivity index (χ4v) is 3.13. The highest BCUT2D eigenvalue weighted by Crippen LogP contribution is 2.26. The van der Waals surface area contributed by atoms with Crippen molar-refractivity contribution >= 4 is 50.1 Å². The van der Waals surface area contributed by atoms with Gasteiger partial charge in [0.15, 0.2) is 5.13 Å². The number of rotatable bonds is 5. The standard InChI is InChI=1S/C18H12BrN3O3S/c19-14-7-5-13(6-8-14)16-11-26-18(20-16)21-17(23)9-4-12-2-1-3-15(10-12)22(24)25/h1-11H,(H,20,21,23)/b9-4+. The first-order valence-electron chi connectivity index (χ1n) is 7.46. The molecule has 0 radical (unpaired) electrons. The highest BCUT2D eigenvalue weighted by Gasteiger charge is 2.07. The van der Waals surface area contributed by atoms with E-state index in [1.807, 2.05) is 29.6 Å². The van der Waals surface area contributed by atoms with Crippen molar-refractivity contribution in [2.75, 3.05) is 5.32 Å². The number of hydrogen-bond acceptors (Lipinski definition) is 5. The lowest BCUT2D eigenvalue weighted by atomic mass is 10.2. The number of thiazole rings is 1. The maximum absolute atomic E-state index is 12.0. The van der Waals surface area contributed by atoms with E-state index in [0.717, 1.165) is 15.7 Å². The quantitative estimate of drug-likeness (QED) is 0.345. The molecule has 0 atom stereocenters. The van der Waals surface area contributed by atoms with Crippen LogP contribution in [0.3, 0.4) is 0 Å². The summed E-state index contributed by atoms with van der Waals surface area (Å²) in [6.07, 6.45) is 2.84. The van der Waals surface area contributed by atoms with Crippen LogP contribution in [-0.4, -0.2) is 15.8 Å². The van der Waals surface area contributed by atoms with Gasteiger partial charge in [-0.15, -0.1) is 11.3 Å². The molecule has 0 spiro atoms. The number of anilines is 1. The molecule has 0 aliphatic carbocycles. The number of nitro benzene ring substituents is 1. The van der Waals surface area contributed by atoms with Gasteiger partial charge in [0.05, 0.1) is 10.6 Å². The smallest absolute Gasteiger partial charge is 0.270 e. The maximum atomic E-state index is 12.0. The number of nitro groups is 1. The molecule has 0 saturated carbocycles. The number of amides is 1. The summed E-state index contributed by atoms with van der Waals surface area (Å²) in [4.78, 5) is 26.7. The highest BCUT2D eigenvalue weighted by molar-refractivity contribution is 9.10. The van der Waals surface area contributed by atoms with Crippen molar-refractivity contribution in [3.63, 3.8) is 0 Å². The van der Waals surface area contributed by atoms with Gasteiger partial charge in [-0.05, 0) is 23.8 Å². The number of nitrogens with zero attached hydrogens (tertiary/aromatic N) is 2. The molecule has 26 heavy (non-hydrogen) atoms. The van der Waals surface area contributed by atoms with E-state index in [1.165, 1.54) is 35.6 Å². The van der Waals surface area contributed by atoms with Crippen molar-refractivity contribution in [3.8, 4) is 11.3 Å². The summed E-state index contributed by atoms with van der Waals surface area (Å²) in [6, 6.07) is 13.8. The average molecular weight is 430 g/mol. The number of carbonyl (C=O) groups excluding carboxylic acids is 1. The molecule has 0 fully saturated rings. The summed E-state index contributed by atoms with van der Waals surface area (Å²) >= 11 is 4.71. The fraction of sp³-hybridized carbons (Fsp3) is 0. The van der Waals surface area contributed by atoms with Gasteiger partial charge in [0.25, 0.3) is 5.69 Å². The van der Waals surface area contributed by atoms with Crippen molar-refractivity contribution in [2.24, 2.45) is 0 Å². The average Bonchev–Trinajstić information content (AvgIpc) is 3.09. The number of halogens is 1. The van der Waals surface area contributed by atoms with Gasteiger partial charge in [-0.1, -0.05) is 40.2 Å². The van der Waals surface area contributed by atoms with E-state index in [4.69, 9.17) is 0 Å². The molecule has 0 bridgehead atoms. The summed E-state index contributed by atoms with van der Waals surface area (Å²) in [5.74, 6) is -0.354. The van der Waals surface area contributed by atoms with E-state index in [2.05, 4.69) is 26.2 Å². The third-order valence-corrected chi connectivity index (χ3v) is 4.67. The zero-order valence-corrected chi connectivity index (χ0v) is 15.7. The van der Waals surface area contributed by atoms with Crippen LogP contribution in [0, 0.1) is 10.1 Å². The topological polar surface area (TPSA) is 85.1 Å². The maximum Gasteiger partial charge on any atom is 0.270 e. The van der Waals surface area contributed by atoms with Crippen LogP contribution in [0.1, 0.15) is 5.56 Å². The molecule has 0 unspecified atom stereocenters. The van der Waals surface area contributed by atoms with Crippen LogP contribution in [0.5, 0.6) is 0 Å². The van der Waals surface area contributed by atoms with Gasteiger partial charge in [0.2, 0.25) is 5.91 Å². The van der Waals surface area contributed by atoms with E-state index < -0.39 is 4.92 Å². The Bertz CT molecular complexity index is 983. The second-order valence-electron chi connectivity index (χ2n) is 5.22. The van der Waals surface area contributed by atoms with Crippen LogP contribution in [0.2, 0.25) is 0 Å². The number of benzene rings is 2. The lowest BCUT2D eigenvalue weighted by Crippen LogP contribution is -2.07. The first kappa shape index (κ1) is 18.0. The molecular weight excluding hydrogens is 418 g/mol. The molecule has 3 rings (SSSR count). The summed E-state index contributed by atoms with van der Waals surface area (Å²) in [5, 5.41) is 15.8. The van der Waals surface area contributed by atoms with Gasteiger partial charge in [-0.2, -0.15) is 0 Å². The Labute approximate surface area is 161 Å². The normalized spacial score (nSPS) is 10.8. The molecule has 0 aliphatic heterocycles. The number of aromatic nitrogens is 1. The number of non-ortho nitro benzene ring substituents is 1. The van der Waals surface area contributed by atoms with Gasteiger partial charge in [0.1, 0.15) is 0 Å². The fourth-order valence-electron chi connectivity index (χ4n) is 2.15. The van der Waals surface area contributed by atoms with Crippen LogP contribution >= 0.6 is 27.3 Å². The van der Waals surface area contributed by atoms with Crippen LogP contribution in [0.15, 0.2) is 64.5 Å². The number of hydrogen-bond donors (Lipinski definition) is 1. The third kappa shape index (κ3) is 4.62. The first-order chi connectivity index (χ1) is 12.5. The minimum Gasteiger partial charge on any atom is -0.298 e. The van der Waals surface area contributed by atoms with Crippen molar-refractivity contribution in [3.05, 3.63) is 80.1 Å². The zero-order chi connectivity index (χ0) is 18.5. The molecule has 8 heteroatoms. The van der Waals surface area contributed by atoms with Crippen LogP contribution in [0.4, 0.5) is 10.8 Å². The molecule has 6 nitrogen and oxygen atoms in total. The summed E-state index contributed by atoms with van der Waals surface area (Å²) in [7, 11) is 0. The monoisotopic (exact) mass is 429 g/mol. The molecule has 0 saturated heterocycles. The van der Waals surface area contributed by atoms with Gasteiger partial charge in [-0.3, -0.25) is 20.2 Å². The number of nitrogens with one attached hydrogen (secondary N) is 1. The van der Waals surface area contributed by atoms with Crippen LogP contribution < -0.4 is 5.32 Å². The predicted octanol–water partition coefficient (Wildman–Crippen LogP) is 5.13. The Balaban J connectivity index is 1.66. The number of carbonyl (C=O) groups is 1. The van der Waals surface area contributed by atoms with Crippen LogP contribution in [0.25, 0.3) is 17.3 Å². The van der Waals surface area contributed by atoms with Crippen molar-refractivity contribution in [1.82, 2.24) is 4.98 Å². The largest absolute Gasteiger partial charge is 0.298 e. The van der Waals surface area contributed by atoms with Gasteiger partial charge < -0.3 is 0 Å². The molecule has 1 aromatic heterocycles. The van der Waals surface area contributed by atoms with Gasteiger partial charge in [0, 0.05) is 33.6 Å². The van der Waals surface area contributed by atoms with E-state index >= 15 is 0 Å². The van der Waals surface area contributed by atoms with Gasteiger partial charge >= 0.3 is 0 Å². The summed E-state index contributed by atoms with van der Waals surface area (Å²) in [5.41, 5.74) is 2.29. The molecule has 1 heterocycles. The Morgan fingerprint density at radius 3 is 2.73 bits per heavy atom. The first-order valence-corrected chi connectivity index (χ1v) is 9.13. The van der Waals surface area contributed by atoms with Crippen molar-refractivity contribution in [1.29, 1.82) is 0 Å². The van der Waals surface area contributed by atoms with Crippen molar-refractivity contribution in [2.45, 2.75) is 0 Å². The van der Waals surface area contributed by atoms with E-state index in [1.54, 1.807) is 12.1 Å². The molecule has 1 amide bonds. The van der Waals surface area contributed by atoms with Crippen LogP contribution in [-0.2, 0) is 4.79 Å². The lowest BCUT2D eigenvalue weighted by Gasteiger charge is -1.98. The van der Waals surface area contributed by atoms with E-state index in [0.29, 0.717) is 10.7 Å². The Morgan fingerprint density at radius 2 is 2.00 bits per heavy atom. The summed E-state index contributed by atoms with van der Waals surface area (Å²) in [6.45, 7) is 0. The lowest BCUT2D eigenvalue weighted by molar-refractivity contribution is -0.384. The Morgan fingerprint density at radius 1 is 1.23 bits per heavy atom. The minimum atomic E-state index is -0.476. The zero-order valence-electron chi connectivity index (χ0n) is 13.3. The van der Waals surface area contributed by atoms with E-state index in [9.17, 15) is 14.9 Å². The molecule has 3 aromatic rings. The second kappa shape index (κ2) is 8.03. The minimum absolute atomic E-state index is 0.0216. The Kier molecular flexibility index (Phi) is 5.55. The Hall–Kier alpha value is -2.84. The molecule has 130 valence electrons. The van der Waals surface area contributed by atoms with E-state index in [-0.39, 0.29) is 11.6 Å². The summed E-state index contributed by atoms with van der Waals surface area (Å²) < 4.78 is 0.983. The molecular formula is C18H12BrN3O3S. The highest BCUT2D eigenvalue weighted by atomic mass is 79.9. The van der Waals surface area contributed by atoms with Crippen molar-refractivity contribution < 1.29 is 9.72 Å². The molecule has 2 aromatic carbocycles.